The van der Waals surface area contributed by atoms with Gasteiger partial charge in [-0.3, -0.25) is 4.79 Å². The first-order chi connectivity index (χ1) is 8.04. The van der Waals surface area contributed by atoms with Crippen LogP contribution >= 0.6 is 0 Å². The van der Waals surface area contributed by atoms with Crippen LogP contribution in [0, 0.1) is 5.92 Å². The lowest BCUT2D eigenvalue weighted by Crippen LogP contribution is -2.59. The summed E-state index contributed by atoms with van der Waals surface area (Å²) in [5.41, 5.74) is 5.01. The third kappa shape index (κ3) is 3.33. The van der Waals surface area contributed by atoms with E-state index in [1.807, 2.05) is 0 Å². The molecule has 0 atom stereocenters. The van der Waals surface area contributed by atoms with Gasteiger partial charge in [0.25, 0.3) is 0 Å². The molecule has 0 saturated heterocycles. The Morgan fingerprint density at radius 2 is 2.18 bits per heavy atom. The Bertz CT molecular complexity index is 296. The first-order valence-corrected chi connectivity index (χ1v) is 5.82. The van der Waals surface area contributed by atoms with Gasteiger partial charge in [-0.25, -0.2) is 0 Å². The molecule has 6 heteroatoms. The number of carbonyl (C=O) groups is 1. The number of amides is 1. The number of carbonyl (C=O) groups excluding carboxylic acids is 1. The van der Waals surface area contributed by atoms with Crippen molar-refractivity contribution < 1.29 is 14.7 Å². The maximum atomic E-state index is 11.6. The van der Waals surface area contributed by atoms with E-state index in [1.54, 1.807) is 0 Å². The van der Waals surface area contributed by atoms with E-state index < -0.39 is 5.54 Å². The van der Waals surface area contributed by atoms with E-state index in [4.69, 9.17) is 15.7 Å². The van der Waals surface area contributed by atoms with E-state index in [0.29, 0.717) is 18.8 Å². The molecule has 1 fully saturated rings. The van der Waals surface area contributed by atoms with Crippen molar-refractivity contribution in [2.75, 3.05) is 13.7 Å². The lowest BCUT2D eigenvalue weighted by molar-refractivity contribution is -0.126. The maximum Gasteiger partial charge on any atom is 0.246 e. The summed E-state index contributed by atoms with van der Waals surface area (Å²) in [5.74, 6) is 0.441. The van der Waals surface area contributed by atoms with Gasteiger partial charge in [0.1, 0.15) is 12.1 Å². The van der Waals surface area contributed by atoms with Crippen molar-refractivity contribution in [1.29, 1.82) is 0 Å². The molecule has 1 aliphatic carbocycles. The van der Waals surface area contributed by atoms with Gasteiger partial charge in [0, 0.05) is 7.11 Å². The van der Waals surface area contributed by atoms with Crippen molar-refractivity contribution in [2.24, 2.45) is 16.8 Å². The van der Waals surface area contributed by atoms with Crippen LogP contribution in [0.1, 0.15) is 32.6 Å². The van der Waals surface area contributed by atoms with Gasteiger partial charge in [0.15, 0.2) is 5.84 Å². The number of hydrogen-bond acceptors (Lipinski definition) is 4. The Morgan fingerprint density at radius 1 is 1.59 bits per heavy atom. The zero-order chi connectivity index (χ0) is 12.9. The number of oxime groups is 1. The van der Waals surface area contributed by atoms with E-state index in [0.717, 1.165) is 12.8 Å². The molecule has 0 unspecified atom stereocenters. The van der Waals surface area contributed by atoms with Gasteiger partial charge < -0.3 is 21.0 Å². The van der Waals surface area contributed by atoms with Crippen LogP contribution in [-0.4, -0.2) is 36.2 Å². The Kier molecular flexibility index (Phi) is 4.74. The maximum absolute atomic E-state index is 11.6. The van der Waals surface area contributed by atoms with Gasteiger partial charge >= 0.3 is 0 Å². The van der Waals surface area contributed by atoms with Gasteiger partial charge in [-0.1, -0.05) is 12.1 Å². The highest BCUT2D eigenvalue weighted by Gasteiger charge is 2.39. The highest BCUT2D eigenvalue weighted by atomic mass is 16.5. The van der Waals surface area contributed by atoms with E-state index in [1.165, 1.54) is 7.11 Å². The van der Waals surface area contributed by atoms with Crippen LogP contribution in [0.4, 0.5) is 0 Å². The van der Waals surface area contributed by atoms with Crippen molar-refractivity contribution in [3.63, 3.8) is 0 Å². The third-order valence-corrected chi connectivity index (χ3v) is 3.38. The van der Waals surface area contributed by atoms with Crippen LogP contribution in [-0.2, 0) is 9.53 Å². The molecule has 0 aromatic heterocycles. The molecule has 4 N–H and O–H groups in total. The Hall–Kier alpha value is -1.30. The zero-order valence-electron chi connectivity index (χ0n) is 10.4. The highest BCUT2D eigenvalue weighted by molar-refractivity contribution is 5.94. The van der Waals surface area contributed by atoms with Gasteiger partial charge in [0.05, 0.1) is 0 Å². The van der Waals surface area contributed by atoms with Crippen molar-refractivity contribution in [3.8, 4) is 0 Å². The largest absolute Gasteiger partial charge is 0.409 e. The molecule has 1 rings (SSSR count). The van der Waals surface area contributed by atoms with E-state index >= 15 is 0 Å². The quantitative estimate of drug-likeness (QED) is 0.289. The smallest absolute Gasteiger partial charge is 0.246 e. The minimum Gasteiger partial charge on any atom is -0.409 e. The van der Waals surface area contributed by atoms with Crippen LogP contribution in [0.25, 0.3) is 0 Å². The van der Waals surface area contributed by atoms with Crippen LogP contribution in [0.3, 0.4) is 0 Å². The third-order valence-electron chi connectivity index (χ3n) is 3.38. The summed E-state index contributed by atoms with van der Waals surface area (Å²) < 4.78 is 4.77. The molecule has 0 spiro atoms. The summed E-state index contributed by atoms with van der Waals surface area (Å²) in [6.45, 7) is 2.14. The zero-order valence-corrected chi connectivity index (χ0v) is 10.4. The second-order valence-electron chi connectivity index (χ2n) is 4.73. The predicted molar refractivity (Wildman–Crippen MR) is 63.8 cm³/mol. The van der Waals surface area contributed by atoms with E-state index in [-0.39, 0.29) is 18.3 Å². The van der Waals surface area contributed by atoms with Crippen molar-refractivity contribution >= 4 is 11.7 Å². The molecule has 1 aliphatic rings. The molecule has 1 saturated carbocycles. The second kappa shape index (κ2) is 5.86. The molecule has 1 amide bonds. The fourth-order valence-corrected chi connectivity index (χ4v) is 2.23. The number of nitrogens with two attached hydrogens (primary N) is 1. The topological polar surface area (TPSA) is 96.9 Å². The summed E-state index contributed by atoms with van der Waals surface area (Å²) in [6, 6.07) is 0. The number of ether oxygens (including phenoxy) is 1. The summed E-state index contributed by atoms with van der Waals surface area (Å²) in [7, 11) is 1.46. The number of hydrogen-bond donors (Lipinski definition) is 3. The molecule has 17 heavy (non-hydrogen) atoms. The number of methoxy groups -OCH3 is 1. The minimum absolute atomic E-state index is 0.0178. The lowest BCUT2D eigenvalue weighted by Gasteiger charge is -2.38. The molecule has 98 valence electrons. The van der Waals surface area contributed by atoms with E-state index in [2.05, 4.69) is 17.4 Å². The van der Waals surface area contributed by atoms with Crippen LogP contribution in [0.15, 0.2) is 5.16 Å². The van der Waals surface area contributed by atoms with Gasteiger partial charge in [0.2, 0.25) is 5.91 Å². The summed E-state index contributed by atoms with van der Waals surface area (Å²) in [4.78, 5) is 11.6. The molecule has 0 aromatic rings. The SMILES string of the molecule is COCC(=O)NC1(C(N)=NO)CCC(C)CC1. The minimum atomic E-state index is -0.711. The van der Waals surface area contributed by atoms with Gasteiger partial charge in [-0.15, -0.1) is 0 Å². The predicted octanol–water partition coefficient (Wildman–Crippen LogP) is 0.444. The number of rotatable bonds is 4. The number of nitrogens with one attached hydrogen (secondary N) is 1. The first-order valence-electron chi connectivity index (χ1n) is 5.82. The van der Waals surface area contributed by atoms with Crippen molar-refractivity contribution in [2.45, 2.75) is 38.1 Å². The second-order valence-corrected chi connectivity index (χ2v) is 4.73. The first kappa shape index (κ1) is 13.8. The molecule has 0 aliphatic heterocycles. The molecule has 0 bridgehead atoms. The van der Waals surface area contributed by atoms with Crippen molar-refractivity contribution in [3.05, 3.63) is 0 Å². The van der Waals surface area contributed by atoms with Crippen molar-refractivity contribution in [1.82, 2.24) is 5.32 Å². The monoisotopic (exact) mass is 243 g/mol. The standard InChI is InChI=1S/C11H21N3O3/c1-8-3-5-11(6-4-8,10(12)14-16)13-9(15)7-17-2/h8,16H,3-7H2,1-2H3,(H2,12,14)(H,13,15). The van der Waals surface area contributed by atoms with Crippen LogP contribution in [0.2, 0.25) is 0 Å². The number of amidine groups is 1. The summed E-state index contributed by atoms with van der Waals surface area (Å²) in [5, 5.41) is 14.7. The fraction of sp³-hybridized carbons (Fsp3) is 0.818. The fourth-order valence-electron chi connectivity index (χ4n) is 2.23. The summed E-state index contributed by atoms with van der Waals surface area (Å²) in [6.07, 6.45) is 3.28. The molecule has 0 aromatic carbocycles. The molecule has 0 radical (unpaired) electrons. The highest BCUT2D eigenvalue weighted by Crippen LogP contribution is 2.32. The van der Waals surface area contributed by atoms with E-state index in [9.17, 15) is 4.79 Å². The molecular weight excluding hydrogens is 222 g/mol. The Labute approximate surface area is 101 Å². The molecule has 0 heterocycles. The normalized spacial score (nSPS) is 30.0. The average Bonchev–Trinajstić information content (AvgIpc) is 2.31. The molecular formula is C11H21N3O3. The van der Waals surface area contributed by atoms with Gasteiger partial charge in [-0.2, -0.15) is 0 Å². The lowest BCUT2D eigenvalue weighted by atomic mass is 9.76. The summed E-state index contributed by atoms with van der Waals surface area (Å²) >= 11 is 0. The van der Waals surface area contributed by atoms with Crippen LogP contribution in [0.5, 0.6) is 0 Å². The van der Waals surface area contributed by atoms with Crippen LogP contribution < -0.4 is 11.1 Å². The molecule has 6 nitrogen and oxygen atoms in total. The number of nitrogens with zero attached hydrogens (tertiary/aromatic N) is 1. The average molecular weight is 243 g/mol. The Balaban J connectivity index is 2.77. The van der Waals surface area contributed by atoms with Gasteiger partial charge in [-0.05, 0) is 31.6 Å². The Morgan fingerprint density at radius 3 is 2.65 bits per heavy atom.